The molecule has 2 aromatic heterocycles. The summed E-state index contributed by atoms with van der Waals surface area (Å²) in [5.74, 6) is -1.63. The smallest absolute Gasteiger partial charge is 0.280 e. The lowest BCUT2D eigenvalue weighted by molar-refractivity contribution is -0.124. The maximum absolute atomic E-state index is 14.7. The fourth-order valence-corrected chi connectivity index (χ4v) is 3.08. The van der Waals surface area contributed by atoms with Gasteiger partial charge in [-0.1, -0.05) is 16.6 Å². The molecule has 0 radical (unpaired) electrons. The number of anilines is 1. The number of furan rings is 1. The van der Waals surface area contributed by atoms with Crippen molar-refractivity contribution in [2.24, 2.45) is 0 Å². The Morgan fingerprint density at radius 3 is 2.54 bits per heavy atom. The lowest BCUT2D eigenvalue weighted by Gasteiger charge is -2.32. The molecule has 1 unspecified atom stereocenters. The molecule has 7 nitrogen and oxygen atoms in total. The molecule has 1 aromatic carbocycles. The van der Waals surface area contributed by atoms with Gasteiger partial charge in [0.25, 0.3) is 11.8 Å². The van der Waals surface area contributed by atoms with Crippen LogP contribution in [-0.4, -0.2) is 26.9 Å². The van der Waals surface area contributed by atoms with E-state index in [2.05, 4.69) is 14.9 Å². The van der Waals surface area contributed by atoms with Gasteiger partial charge in [-0.25, -0.2) is 4.39 Å². The Labute approximate surface area is 165 Å². The van der Waals surface area contributed by atoms with Crippen molar-refractivity contribution < 1.29 is 18.4 Å². The van der Waals surface area contributed by atoms with Gasteiger partial charge in [-0.05, 0) is 56.6 Å². The van der Waals surface area contributed by atoms with Gasteiger partial charge < -0.3 is 9.73 Å². The van der Waals surface area contributed by atoms with Crippen LogP contribution in [0.2, 0.25) is 0 Å². The normalized spacial score (nSPS) is 12.4. The first-order valence-electron chi connectivity index (χ1n) is 8.48. The summed E-state index contributed by atoms with van der Waals surface area (Å²) in [5.41, 5.74) is -0.632. The van der Waals surface area contributed by atoms with Crippen LogP contribution in [0, 0.1) is 5.82 Å². The van der Waals surface area contributed by atoms with Crippen LogP contribution < -0.4 is 10.2 Å². The van der Waals surface area contributed by atoms with Gasteiger partial charge in [0, 0.05) is 10.9 Å². The summed E-state index contributed by atoms with van der Waals surface area (Å²) in [6.07, 6.45) is 1.39. The second kappa shape index (κ2) is 7.89. The summed E-state index contributed by atoms with van der Waals surface area (Å²) in [5, 5.41) is 8.05. The zero-order chi connectivity index (χ0) is 20.3. The molecular weight excluding hydrogens is 383 g/mol. The molecule has 3 aromatic rings. The van der Waals surface area contributed by atoms with Crippen LogP contribution >= 0.6 is 11.5 Å². The molecular formula is C19H19FN4O3S. The first-order valence-corrected chi connectivity index (χ1v) is 9.32. The summed E-state index contributed by atoms with van der Waals surface area (Å²) < 4.78 is 23.8. The molecule has 0 spiro atoms. The SMILES string of the molecule is CC(C)(C)NC(=O)C(c1ccco1)N(C(=O)c1csnn1)c1ccccc1F. The highest BCUT2D eigenvalue weighted by atomic mass is 32.1. The highest BCUT2D eigenvalue weighted by Gasteiger charge is 2.38. The quantitative estimate of drug-likeness (QED) is 0.705. The van der Waals surface area contributed by atoms with Gasteiger partial charge in [0.15, 0.2) is 11.7 Å². The average molecular weight is 402 g/mol. The van der Waals surface area contributed by atoms with Gasteiger partial charge in [0.2, 0.25) is 0 Å². The molecule has 0 aliphatic heterocycles. The molecule has 1 atom stereocenters. The van der Waals surface area contributed by atoms with Crippen molar-refractivity contribution in [3.63, 3.8) is 0 Å². The summed E-state index contributed by atoms with van der Waals surface area (Å²) in [7, 11) is 0. The molecule has 0 aliphatic carbocycles. The largest absolute Gasteiger partial charge is 0.467 e. The molecule has 2 heterocycles. The van der Waals surface area contributed by atoms with Crippen LogP contribution in [0.3, 0.4) is 0 Å². The number of nitrogens with zero attached hydrogens (tertiary/aromatic N) is 3. The highest BCUT2D eigenvalue weighted by molar-refractivity contribution is 7.03. The first kappa shape index (κ1) is 19.7. The van der Waals surface area contributed by atoms with E-state index in [1.54, 1.807) is 18.2 Å². The topological polar surface area (TPSA) is 88.3 Å². The van der Waals surface area contributed by atoms with Gasteiger partial charge >= 0.3 is 0 Å². The Morgan fingerprint density at radius 1 is 1.21 bits per heavy atom. The highest BCUT2D eigenvalue weighted by Crippen LogP contribution is 2.32. The van der Waals surface area contributed by atoms with Gasteiger partial charge in [0.05, 0.1) is 12.0 Å². The fraction of sp³-hybridized carbons (Fsp3) is 0.263. The number of rotatable bonds is 5. The molecule has 0 bridgehead atoms. The molecule has 9 heteroatoms. The number of benzene rings is 1. The molecule has 28 heavy (non-hydrogen) atoms. The van der Waals surface area contributed by atoms with E-state index in [-0.39, 0.29) is 17.1 Å². The number of nitrogens with one attached hydrogen (secondary N) is 1. The number of hydrogen-bond acceptors (Lipinski definition) is 6. The summed E-state index contributed by atoms with van der Waals surface area (Å²) in [4.78, 5) is 27.4. The standard InChI is InChI=1S/C19H19FN4O3S/c1-19(2,3)21-17(25)16(15-9-6-10-27-15)24(14-8-5-4-7-12(14)20)18(26)13-11-28-23-22-13/h4-11,16H,1-3H3,(H,21,25). The molecule has 2 amide bonds. The van der Waals surface area contributed by atoms with Crippen LogP contribution in [0.15, 0.2) is 52.5 Å². The van der Waals surface area contributed by atoms with Gasteiger partial charge in [0.1, 0.15) is 11.6 Å². The number of hydrogen-bond donors (Lipinski definition) is 1. The molecule has 0 saturated carbocycles. The monoisotopic (exact) mass is 402 g/mol. The van der Waals surface area contributed by atoms with E-state index in [0.717, 1.165) is 16.4 Å². The van der Waals surface area contributed by atoms with Crippen LogP contribution in [0.1, 0.15) is 43.1 Å². The predicted octanol–water partition coefficient (Wildman–Crippen LogP) is 3.57. The van der Waals surface area contributed by atoms with E-state index in [1.807, 2.05) is 20.8 Å². The van der Waals surface area contributed by atoms with E-state index in [9.17, 15) is 14.0 Å². The average Bonchev–Trinajstić information content (AvgIpc) is 3.32. The molecule has 3 rings (SSSR count). The summed E-state index contributed by atoms with van der Waals surface area (Å²) in [6.45, 7) is 5.43. The van der Waals surface area contributed by atoms with E-state index in [0.29, 0.717) is 0 Å². The second-order valence-electron chi connectivity index (χ2n) is 7.07. The minimum atomic E-state index is -1.24. The molecule has 1 N–H and O–H groups in total. The van der Waals surface area contributed by atoms with Gasteiger partial charge in [-0.15, -0.1) is 5.10 Å². The maximum atomic E-state index is 14.7. The van der Waals surface area contributed by atoms with Gasteiger partial charge in [-0.3, -0.25) is 14.5 Å². The third-order valence-corrected chi connectivity index (χ3v) is 4.23. The van der Waals surface area contributed by atoms with Crippen molar-refractivity contribution in [3.05, 3.63) is 65.3 Å². The van der Waals surface area contributed by atoms with E-state index in [4.69, 9.17) is 4.42 Å². The zero-order valence-corrected chi connectivity index (χ0v) is 16.4. The number of carbonyl (C=O) groups is 2. The Kier molecular flexibility index (Phi) is 5.55. The van der Waals surface area contributed by atoms with Crippen LogP contribution in [-0.2, 0) is 4.79 Å². The van der Waals surface area contributed by atoms with Crippen LogP contribution in [0.25, 0.3) is 0 Å². The van der Waals surface area contributed by atoms with E-state index in [1.165, 1.54) is 29.8 Å². The Hall–Kier alpha value is -3.07. The Morgan fingerprint density at radius 2 is 1.96 bits per heavy atom. The molecule has 0 saturated heterocycles. The number of para-hydroxylation sites is 1. The maximum Gasteiger partial charge on any atom is 0.280 e. The van der Waals surface area contributed by atoms with Crippen molar-refractivity contribution in [2.75, 3.05) is 4.90 Å². The van der Waals surface area contributed by atoms with Crippen LogP contribution in [0.4, 0.5) is 10.1 Å². The third-order valence-electron chi connectivity index (χ3n) is 3.73. The Balaban J connectivity index is 2.15. The fourth-order valence-electron chi connectivity index (χ4n) is 2.65. The zero-order valence-electron chi connectivity index (χ0n) is 15.5. The lowest BCUT2D eigenvalue weighted by atomic mass is 10.1. The van der Waals surface area contributed by atoms with Gasteiger partial charge in [-0.2, -0.15) is 0 Å². The number of amides is 2. The summed E-state index contributed by atoms with van der Waals surface area (Å²) in [6, 6.07) is 7.65. The number of halogens is 1. The summed E-state index contributed by atoms with van der Waals surface area (Å²) >= 11 is 0.986. The van der Waals surface area contributed by atoms with Crippen molar-refractivity contribution in [3.8, 4) is 0 Å². The third kappa shape index (κ3) is 4.25. The van der Waals surface area contributed by atoms with E-state index < -0.39 is 29.2 Å². The lowest BCUT2D eigenvalue weighted by Crippen LogP contribution is -2.49. The minimum absolute atomic E-state index is 0.00775. The minimum Gasteiger partial charge on any atom is -0.467 e. The molecule has 0 aliphatic rings. The molecule has 0 fully saturated rings. The number of aromatic nitrogens is 2. The van der Waals surface area contributed by atoms with Crippen molar-refractivity contribution in [1.82, 2.24) is 14.9 Å². The van der Waals surface area contributed by atoms with Crippen LogP contribution in [0.5, 0.6) is 0 Å². The second-order valence-corrected chi connectivity index (χ2v) is 7.68. The number of carbonyl (C=O) groups excluding carboxylic acids is 2. The van der Waals surface area contributed by atoms with E-state index >= 15 is 0 Å². The first-order chi connectivity index (χ1) is 13.3. The Bertz CT molecular complexity index is 952. The van der Waals surface area contributed by atoms with Crippen molar-refractivity contribution in [2.45, 2.75) is 32.4 Å². The molecule has 146 valence electrons. The predicted molar refractivity (Wildman–Crippen MR) is 102 cm³/mol. The van der Waals surface area contributed by atoms with Crippen molar-refractivity contribution >= 4 is 29.0 Å². The van der Waals surface area contributed by atoms with Crippen molar-refractivity contribution in [1.29, 1.82) is 0 Å².